The summed E-state index contributed by atoms with van der Waals surface area (Å²) in [5.74, 6) is 1.64. The van der Waals surface area contributed by atoms with Gasteiger partial charge in [0.05, 0.1) is 23.1 Å². The summed E-state index contributed by atoms with van der Waals surface area (Å²) in [6.45, 7) is -0.341. The zero-order valence-corrected chi connectivity index (χ0v) is 9.75. The number of rotatable bonds is 5. The molecular weight excluding hydrogens is 250 g/mol. The second-order valence-corrected chi connectivity index (χ2v) is 3.32. The van der Waals surface area contributed by atoms with Crippen molar-refractivity contribution in [2.75, 3.05) is 13.2 Å². The van der Waals surface area contributed by atoms with E-state index in [2.05, 4.69) is 11.2 Å². The molecule has 7 nitrogen and oxygen atoms in total. The van der Waals surface area contributed by atoms with Crippen molar-refractivity contribution in [1.29, 1.82) is 5.26 Å². The van der Waals surface area contributed by atoms with Crippen LogP contribution in [0.2, 0.25) is 0 Å². The van der Waals surface area contributed by atoms with Gasteiger partial charge >= 0.3 is 5.69 Å². The molecule has 0 aliphatic heterocycles. The minimum Gasteiger partial charge on any atom is -0.477 e. The van der Waals surface area contributed by atoms with E-state index in [0.29, 0.717) is 0 Å². The number of carbonyl (C=O) groups is 1. The van der Waals surface area contributed by atoms with Crippen molar-refractivity contribution < 1.29 is 14.5 Å². The van der Waals surface area contributed by atoms with Crippen LogP contribution in [-0.4, -0.2) is 24.0 Å². The third-order valence-corrected chi connectivity index (χ3v) is 2.03. The van der Waals surface area contributed by atoms with Gasteiger partial charge in [0.25, 0.3) is 5.91 Å². The Morgan fingerprint density at radius 2 is 2.32 bits per heavy atom. The lowest BCUT2D eigenvalue weighted by Crippen LogP contribution is -2.29. The van der Waals surface area contributed by atoms with Crippen molar-refractivity contribution in [3.05, 3.63) is 33.9 Å². The monoisotopic (exact) mass is 259 g/mol. The van der Waals surface area contributed by atoms with Crippen LogP contribution in [0.3, 0.4) is 0 Å². The minimum absolute atomic E-state index is 0.0532. The van der Waals surface area contributed by atoms with Gasteiger partial charge in [-0.2, -0.15) is 5.26 Å². The van der Waals surface area contributed by atoms with E-state index in [1.54, 1.807) is 6.07 Å². The van der Waals surface area contributed by atoms with Crippen molar-refractivity contribution in [3.63, 3.8) is 0 Å². The van der Waals surface area contributed by atoms with Crippen molar-refractivity contribution in [2.45, 2.75) is 0 Å². The molecule has 0 heterocycles. The summed E-state index contributed by atoms with van der Waals surface area (Å²) in [5, 5.41) is 21.8. The zero-order valence-electron chi connectivity index (χ0n) is 9.75. The lowest BCUT2D eigenvalue weighted by molar-refractivity contribution is -0.385. The topological polar surface area (TPSA) is 105 Å². The quantitative estimate of drug-likeness (QED) is 0.473. The zero-order chi connectivity index (χ0) is 14.3. The van der Waals surface area contributed by atoms with E-state index in [9.17, 15) is 14.9 Å². The molecule has 0 fully saturated rings. The summed E-state index contributed by atoms with van der Waals surface area (Å²) >= 11 is 0. The number of carbonyl (C=O) groups excluding carboxylic acids is 1. The van der Waals surface area contributed by atoms with Crippen LogP contribution in [0.1, 0.15) is 5.56 Å². The van der Waals surface area contributed by atoms with Crippen molar-refractivity contribution in [1.82, 2.24) is 5.32 Å². The van der Waals surface area contributed by atoms with Crippen molar-refractivity contribution >= 4 is 11.6 Å². The van der Waals surface area contributed by atoms with E-state index in [1.807, 2.05) is 0 Å². The number of nitro groups is 1. The lowest BCUT2D eigenvalue weighted by Gasteiger charge is -2.06. The number of ether oxygens (including phenoxy) is 1. The first-order chi connectivity index (χ1) is 9.08. The van der Waals surface area contributed by atoms with Gasteiger partial charge in [0, 0.05) is 6.07 Å². The smallest absolute Gasteiger partial charge is 0.312 e. The number of hydrogen-bond acceptors (Lipinski definition) is 5. The molecule has 19 heavy (non-hydrogen) atoms. The molecule has 0 aliphatic rings. The van der Waals surface area contributed by atoms with Gasteiger partial charge in [0.1, 0.15) is 0 Å². The largest absolute Gasteiger partial charge is 0.477 e. The Kier molecular flexibility index (Phi) is 4.88. The highest BCUT2D eigenvalue weighted by atomic mass is 16.6. The molecule has 0 spiro atoms. The van der Waals surface area contributed by atoms with Gasteiger partial charge in [-0.25, -0.2) is 0 Å². The molecule has 1 aromatic rings. The lowest BCUT2D eigenvalue weighted by atomic mass is 10.2. The summed E-state index contributed by atoms with van der Waals surface area (Å²) in [5.41, 5.74) is -0.236. The number of nitriles is 1. The van der Waals surface area contributed by atoms with E-state index >= 15 is 0 Å². The van der Waals surface area contributed by atoms with Gasteiger partial charge in [0.15, 0.2) is 12.4 Å². The number of nitrogens with one attached hydrogen (secondary N) is 1. The number of amides is 1. The first-order valence-corrected chi connectivity index (χ1v) is 5.10. The Balaban J connectivity index is 2.79. The highest BCUT2D eigenvalue weighted by Gasteiger charge is 2.17. The molecule has 0 saturated carbocycles. The van der Waals surface area contributed by atoms with Crippen molar-refractivity contribution in [2.24, 2.45) is 0 Å². The molecule has 96 valence electrons. The third-order valence-electron chi connectivity index (χ3n) is 2.03. The van der Waals surface area contributed by atoms with E-state index in [0.717, 1.165) is 6.07 Å². The molecule has 0 bridgehead atoms. The second kappa shape index (κ2) is 6.62. The Bertz CT molecular complexity index is 584. The first-order valence-electron chi connectivity index (χ1n) is 5.10. The summed E-state index contributed by atoms with van der Waals surface area (Å²) in [6, 6.07) is 5.49. The highest BCUT2D eigenvalue weighted by molar-refractivity contribution is 5.77. The predicted octanol–water partition coefficient (Wildman–Crippen LogP) is 0.595. The van der Waals surface area contributed by atoms with E-state index in [1.165, 1.54) is 12.1 Å². The minimum atomic E-state index is -0.685. The molecule has 7 heteroatoms. The molecule has 1 N–H and O–H groups in total. The summed E-state index contributed by atoms with van der Waals surface area (Å²) in [4.78, 5) is 21.3. The number of hydrogen-bond donors (Lipinski definition) is 1. The van der Waals surface area contributed by atoms with Crippen LogP contribution < -0.4 is 10.1 Å². The van der Waals surface area contributed by atoms with E-state index in [-0.39, 0.29) is 23.5 Å². The summed E-state index contributed by atoms with van der Waals surface area (Å²) in [6.07, 6.45) is 4.95. The molecule has 0 atom stereocenters. The predicted molar refractivity (Wildman–Crippen MR) is 65.1 cm³/mol. The van der Waals surface area contributed by atoms with Crippen LogP contribution in [-0.2, 0) is 4.79 Å². The first kappa shape index (κ1) is 14.0. The third kappa shape index (κ3) is 4.02. The number of benzene rings is 1. The fraction of sp³-hybridized carbons (Fsp3) is 0.167. The Morgan fingerprint density at radius 1 is 1.58 bits per heavy atom. The molecule has 1 aromatic carbocycles. The van der Waals surface area contributed by atoms with Crippen LogP contribution in [0.5, 0.6) is 5.75 Å². The average molecular weight is 259 g/mol. The highest BCUT2D eigenvalue weighted by Crippen LogP contribution is 2.27. The van der Waals surface area contributed by atoms with E-state index < -0.39 is 17.4 Å². The second-order valence-electron chi connectivity index (χ2n) is 3.32. The van der Waals surface area contributed by atoms with Gasteiger partial charge in [-0.15, -0.1) is 6.42 Å². The van der Waals surface area contributed by atoms with Gasteiger partial charge < -0.3 is 10.1 Å². The molecule has 0 unspecified atom stereocenters. The van der Waals surface area contributed by atoms with Crippen LogP contribution >= 0.6 is 0 Å². The molecule has 1 amide bonds. The van der Waals surface area contributed by atoms with Crippen molar-refractivity contribution in [3.8, 4) is 24.2 Å². The van der Waals surface area contributed by atoms with Crippen LogP contribution in [0.15, 0.2) is 18.2 Å². The maximum atomic E-state index is 11.2. The SMILES string of the molecule is C#CCNC(=O)COc1ccc(C#N)cc1[N+](=O)[O-]. The fourth-order valence-corrected chi connectivity index (χ4v) is 1.20. The van der Waals surface area contributed by atoms with Gasteiger partial charge in [-0.05, 0) is 12.1 Å². The number of nitrogens with zero attached hydrogens (tertiary/aromatic N) is 2. The molecule has 0 radical (unpaired) electrons. The molecule has 0 aromatic heterocycles. The Morgan fingerprint density at radius 3 is 2.89 bits per heavy atom. The van der Waals surface area contributed by atoms with Gasteiger partial charge in [0.2, 0.25) is 0 Å². The average Bonchev–Trinajstić information content (AvgIpc) is 2.42. The Hall–Kier alpha value is -3.06. The molecule has 1 rings (SSSR count). The molecule has 0 aliphatic carbocycles. The number of terminal acetylenes is 1. The van der Waals surface area contributed by atoms with Crippen LogP contribution in [0.4, 0.5) is 5.69 Å². The standard InChI is InChI=1S/C12H9N3O4/c1-2-5-14-12(16)8-19-11-4-3-9(7-13)6-10(11)15(17)18/h1,3-4,6H,5,8H2,(H,14,16). The maximum Gasteiger partial charge on any atom is 0.312 e. The molecular formula is C12H9N3O4. The number of nitro benzene ring substituents is 1. The summed E-state index contributed by atoms with van der Waals surface area (Å²) in [7, 11) is 0. The summed E-state index contributed by atoms with van der Waals surface area (Å²) < 4.78 is 5.03. The Labute approximate surface area is 108 Å². The van der Waals surface area contributed by atoms with Crippen LogP contribution in [0, 0.1) is 33.8 Å². The fourth-order valence-electron chi connectivity index (χ4n) is 1.20. The van der Waals surface area contributed by atoms with E-state index in [4.69, 9.17) is 16.4 Å². The molecule has 0 saturated heterocycles. The maximum absolute atomic E-state index is 11.2. The normalized spacial score (nSPS) is 8.95. The van der Waals surface area contributed by atoms with Crippen LogP contribution in [0.25, 0.3) is 0 Å². The van der Waals surface area contributed by atoms with Gasteiger partial charge in [-0.1, -0.05) is 5.92 Å². The van der Waals surface area contributed by atoms with Gasteiger partial charge in [-0.3, -0.25) is 14.9 Å².